The van der Waals surface area contributed by atoms with E-state index in [2.05, 4.69) is 11.2 Å². The second-order valence-corrected chi connectivity index (χ2v) is 6.89. The summed E-state index contributed by atoms with van der Waals surface area (Å²) in [6.07, 6.45) is 4.95. The van der Waals surface area contributed by atoms with Crippen molar-refractivity contribution in [3.05, 3.63) is 59.4 Å². The number of benzene rings is 2. The number of Topliss-reactive ketones (excluding diaryl/α,β-unsaturated/α-hetero) is 1. The first kappa shape index (κ1) is 19.0. The molecule has 0 aromatic heterocycles. The second kappa shape index (κ2) is 7.69. The highest BCUT2D eigenvalue weighted by Gasteiger charge is 2.29. The monoisotopic (exact) mass is 377 g/mol. The number of alkyl halides is 2. The van der Waals surface area contributed by atoms with Gasteiger partial charge in [-0.05, 0) is 35.9 Å². The molecule has 2 aromatic carbocycles. The van der Waals surface area contributed by atoms with Crippen LogP contribution in [-0.4, -0.2) is 16.1 Å². The Morgan fingerprint density at radius 1 is 1.20 bits per heavy atom. The Labute approximate surface area is 155 Å². The van der Waals surface area contributed by atoms with E-state index in [0.29, 0.717) is 11.1 Å². The van der Waals surface area contributed by atoms with Crippen LogP contribution >= 0.6 is 23.2 Å². The van der Waals surface area contributed by atoms with Gasteiger partial charge >= 0.3 is 0 Å². The fourth-order valence-electron chi connectivity index (χ4n) is 2.27. The van der Waals surface area contributed by atoms with Crippen molar-refractivity contribution in [2.24, 2.45) is 0 Å². The van der Waals surface area contributed by atoms with Gasteiger partial charge in [0.2, 0.25) is 5.91 Å². The van der Waals surface area contributed by atoms with E-state index in [4.69, 9.17) is 29.6 Å². The molecule has 0 fully saturated rings. The highest BCUT2D eigenvalue weighted by atomic mass is 35.5. The maximum atomic E-state index is 14.2. The summed E-state index contributed by atoms with van der Waals surface area (Å²) in [5, 5.41) is 2.27. The average Bonchev–Trinajstić information content (AvgIpc) is 2.53. The summed E-state index contributed by atoms with van der Waals surface area (Å²) in [5.41, 5.74) is 1.73. The number of amides is 1. The molecule has 6 heteroatoms. The van der Waals surface area contributed by atoms with Gasteiger partial charge in [0.25, 0.3) is 0 Å². The predicted molar refractivity (Wildman–Crippen MR) is 97.0 cm³/mol. The minimum atomic E-state index is -1.73. The zero-order valence-corrected chi connectivity index (χ0v) is 14.8. The number of rotatable bonds is 5. The molecule has 0 unspecified atom stereocenters. The van der Waals surface area contributed by atoms with Crippen LogP contribution in [0, 0.1) is 18.2 Å². The van der Waals surface area contributed by atoms with E-state index in [-0.39, 0.29) is 17.5 Å². The molecule has 0 aliphatic rings. The summed E-state index contributed by atoms with van der Waals surface area (Å²) in [4.78, 5) is 23.4. The van der Waals surface area contributed by atoms with Crippen LogP contribution in [0.25, 0.3) is 11.1 Å². The lowest BCUT2D eigenvalue weighted by atomic mass is 9.98. The molecule has 2 aromatic rings. The van der Waals surface area contributed by atoms with Gasteiger partial charge < -0.3 is 5.32 Å². The maximum absolute atomic E-state index is 14.2. The van der Waals surface area contributed by atoms with Crippen LogP contribution in [0.4, 0.5) is 4.39 Å². The second-order valence-electron chi connectivity index (χ2n) is 5.40. The molecular formula is C19H14Cl2FNO2. The van der Waals surface area contributed by atoms with E-state index in [1.54, 1.807) is 24.3 Å². The molecule has 1 N–H and O–H groups in total. The molecule has 0 radical (unpaired) electrons. The van der Waals surface area contributed by atoms with Gasteiger partial charge in [0.15, 0.2) is 10.2 Å². The van der Waals surface area contributed by atoms with Crippen LogP contribution in [-0.2, 0) is 4.79 Å². The lowest BCUT2D eigenvalue weighted by Crippen LogP contribution is -2.39. The Bertz CT molecular complexity index is 855. The molecule has 3 nitrogen and oxygen atoms in total. The SMILES string of the molecule is C#Cc1ccc(-c2cc(C(=O)CC(Cl)(Cl)NC(C)=O)ccc2F)cc1. The topological polar surface area (TPSA) is 46.2 Å². The molecule has 0 spiro atoms. The van der Waals surface area contributed by atoms with E-state index in [1.807, 2.05) is 0 Å². The van der Waals surface area contributed by atoms with Crippen molar-refractivity contribution < 1.29 is 14.0 Å². The average molecular weight is 378 g/mol. The Morgan fingerprint density at radius 3 is 2.40 bits per heavy atom. The normalized spacial score (nSPS) is 10.8. The third-order valence-electron chi connectivity index (χ3n) is 3.39. The molecule has 0 aliphatic carbocycles. The highest BCUT2D eigenvalue weighted by Crippen LogP contribution is 2.28. The molecule has 0 saturated carbocycles. The first-order chi connectivity index (χ1) is 11.7. The number of nitrogens with one attached hydrogen (secondary N) is 1. The van der Waals surface area contributed by atoms with Gasteiger partial charge in [-0.1, -0.05) is 41.3 Å². The Hall–Kier alpha value is -2.35. The fraction of sp³-hybridized carbons (Fsp3) is 0.158. The van der Waals surface area contributed by atoms with Crippen molar-refractivity contribution in [1.82, 2.24) is 5.32 Å². The van der Waals surface area contributed by atoms with Crippen molar-refractivity contribution in [2.75, 3.05) is 0 Å². The van der Waals surface area contributed by atoms with Crippen molar-refractivity contribution in [3.8, 4) is 23.5 Å². The highest BCUT2D eigenvalue weighted by molar-refractivity contribution is 6.49. The molecule has 1 amide bonds. The number of terminal acetylenes is 1. The number of hydrogen-bond acceptors (Lipinski definition) is 2. The van der Waals surface area contributed by atoms with E-state index in [0.717, 1.165) is 0 Å². The van der Waals surface area contributed by atoms with Crippen LogP contribution in [0.1, 0.15) is 29.3 Å². The van der Waals surface area contributed by atoms with Gasteiger partial charge in [0, 0.05) is 23.6 Å². The number of ketones is 1. The van der Waals surface area contributed by atoms with Crippen molar-refractivity contribution >= 4 is 34.9 Å². The molecule has 25 heavy (non-hydrogen) atoms. The molecule has 0 heterocycles. The molecule has 0 aliphatic heterocycles. The third-order valence-corrected chi connectivity index (χ3v) is 3.85. The molecule has 0 atom stereocenters. The minimum absolute atomic E-state index is 0.230. The number of carbonyl (C=O) groups excluding carboxylic acids is 2. The van der Waals surface area contributed by atoms with Crippen LogP contribution in [0.15, 0.2) is 42.5 Å². The molecule has 128 valence electrons. The van der Waals surface area contributed by atoms with Gasteiger partial charge in [0.05, 0.1) is 6.42 Å². The first-order valence-electron chi connectivity index (χ1n) is 7.28. The largest absolute Gasteiger partial charge is 0.325 e. The van der Waals surface area contributed by atoms with Crippen molar-refractivity contribution in [2.45, 2.75) is 17.8 Å². The van der Waals surface area contributed by atoms with E-state index in [9.17, 15) is 14.0 Å². The summed E-state index contributed by atoms with van der Waals surface area (Å²) in [6, 6.07) is 10.7. The molecule has 0 saturated heterocycles. The summed E-state index contributed by atoms with van der Waals surface area (Å²) in [7, 11) is 0. The Kier molecular flexibility index (Phi) is 5.84. The predicted octanol–water partition coefficient (Wildman–Crippen LogP) is 4.31. The van der Waals surface area contributed by atoms with Crippen molar-refractivity contribution in [1.29, 1.82) is 0 Å². The molecular weight excluding hydrogens is 364 g/mol. The summed E-state index contributed by atoms with van der Waals surface area (Å²) in [5.74, 6) is 1.11. The van der Waals surface area contributed by atoms with Gasteiger partial charge in [0.1, 0.15) is 5.82 Å². The number of halogens is 3. The number of carbonyl (C=O) groups is 2. The molecule has 2 rings (SSSR count). The summed E-state index contributed by atoms with van der Waals surface area (Å²) in [6.45, 7) is 1.24. The lowest BCUT2D eigenvalue weighted by Gasteiger charge is -2.19. The standard InChI is InChI=1S/C19H14Cl2FNO2/c1-3-13-4-6-14(7-5-13)16-10-15(8-9-17(16)22)18(25)11-19(20,21)23-12(2)24/h1,4-10H,11H2,2H3,(H,23,24). The zero-order valence-electron chi connectivity index (χ0n) is 13.3. The van der Waals surface area contributed by atoms with Crippen molar-refractivity contribution in [3.63, 3.8) is 0 Å². The fourth-order valence-corrected chi connectivity index (χ4v) is 2.78. The summed E-state index contributed by atoms with van der Waals surface area (Å²) >= 11 is 11.8. The minimum Gasteiger partial charge on any atom is -0.325 e. The Morgan fingerprint density at radius 2 is 1.84 bits per heavy atom. The van der Waals surface area contributed by atoms with Crippen LogP contribution in [0.3, 0.4) is 0 Å². The van der Waals surface area contributed by atoms with Gasteiger partial charge in [-0.25, -0.2) is 4.39 Å². The number of hydrogen-bond donors (Lipinski definition) is 1. The molecule has 0 bridgehead atoms. The van der Waals surface area contributed by atoms with Gasteiger partial charge in [-0.15, -0.1) is 6.42 Å². The maximum Gasteiger partial charge on any atom is 0.219 e. The first-order valence-corrected chi connectivity index (χ1v) is 8.04. The lowest BCUT2D eigenvalue weighted by molar-refractivity contribution is -0.119. The zero-order chi connectivity index (χ0) is 18.6. The van der Waals surface area contributed by atoms with Crippen LogP contribution in [0.5, 0.6) is 0 Å². The van der Waals surface area contributed by atoms with Crippen LogP contribution < -0.4 is 5.32 Å². The van der Waals surface area contributed by atoms with E-state index in [1.165, 1.54) is 25.1 Å². The van der Waals surface area contributed by atoms with Gasteiger partial charge in [-0.3, -0.25) is 9.59 Å². The Balaban J connectivity index is 2.30. The van der Waals surface area contributed by atoms with E-state index >= 15 is 0 Å². The third kappa shape index (κ3) is 5.06. The smallest absolute Gasteiger partial charge is 0.219 e. The summed E-state index contributed by atoms with van der Waals surface area (Å²) < 4.78 is 12.4. The van der Waals surface area contributed by atoms with Crippen LogP contribution in [0.2, 0.25) is 0 Å². The van der Waals surface area contributed by atoms with E-state index < -0.39 is 22.0 Å². The quantitative estimate of drug-likeness (QED) is 0.365. The van der Waals surface area contributed by atoms with Gasteiger partial charge in [-0.2, -0.15) is 0 Å².